The maximum atomic E-state index is 12.8. The van der Waals surface area contributed by atoms with E-state index in [4.69, 9.17) is 5.41 Å². The lowest BCUT2D eigenvalue weighted by Gasteiger charge is -2.10. The molecular weight excluding hydrogens is 217 g/mol. The van der Waals surface area contributed by atoms with E-state index in [-0.39, 0.29) is 11.7 Å². The minimum Gasteiger partial charge on any atom is -0.342 e. The van der Waals surface area contributed by atoms with E-state index in [2.05, 4.69) is 9.97 Å². The zero-order valence-electron chi connectivity index (χ0n) is 9.57. The molecule has 0 aromatic carbocycles. The lowest BCUT2D eigenvalue weighted by molar-refractivity contribution is 0.641. The summed E-state index contributed by atoms with van der Waals surface area (Å²) in [5.41, 5.74) is 1.44. The van der Waals surface area contributed by atoms with Gasteiger partial charge < -0.3 is 10.4 Å². The number of halogens is 1. The van der Waals surface area contributed by atoms with E-state index in [1.807, 2.05) is 6.08 Å². The molecule has 0 saturated carbocycles. The van der Waals surface area contributed by atoms with Gasteiger partial charge in [0.2, 0.25) is 0 Å². The standard InChI is InChI=1S/C13H14FN3/c1-9(15)2-7-13-16-8-12(17-13)10-3-5-11(14)6-4-10/h2-3,5-8,10,15H,4H2,1H3,(H,16,17)/b7-2-,15-9?. The van der Waals surface area contributed by atoms with Crippen LogP contribution in [0.5, 0.6) is 0 Å². The number of hydrogen-bond donors (Lipinski definition) is 2. The lowest BCUT2D eigenvalue weighted by atomic mass is 9.98. The van der Waals surface area contributed by atoms with E-state index in [0.29, 0.717) is 12.1 Å². The number of hydrogen-bond acceptors (Lipinski definition) is 2. The van der Waals surface area contributed by atoms with Crippen LogP contribution in [0.25, 0.3) is 6.08 Å². The molecule has 0 amide bonds. The molecule has 0 bridgehead atoms. The number of aromatic amines is 1. The molecule has 0 fully saturated rings. The average molecular weight is 231 g/mol. The van der Waals surface area contributed by atoms with Gasteiger partial charge in [-0.2, -0.15) is 0 Å². The molecule has 0 aliphatic heterocycles. The number of rotatable bonds is 3. The Morgan fingerprint density at radius 3 is 3.12 bits per heavy atom. The first-order chi connectivity index (χ1) is 8.15. The van der Waals surface area contributed by atoms with Gasteiger partial charge in [-0.25, -0.2) is 9.37 Å². The molecule has 1 aliphatic carbocycles. The van der Waals surface area contributed by atoms with Gasteiger partial charge in [0.05, 0.1) is 0 Å². The Kier molecular flexibility index (Phi) is 3.32. The predicted molar refractivity (Wildman–Crippen MR) is 66.7 cm³/mol. The van der Waals surface area contributed by atoms with Crippen molar-refractivity contribution in [2.45, 2.75) is 19.3 Å². The third-order valence-electron chi connectivity index (χ3n) is 2.56. The minimum atomic E-state index is -0.180. The molecule has 2 N–H and O–H groups in total. The second-order valence-electron chi connectivity index (χ2n) is 4.03. The van der Waals surface area contributed by atoms with Crippen molar-refractivity contribution in [1.29, 1.82) is 5.41 Å². The Labute approximate surface area is 99.3 Å². The Bertz CT molecular complexity index is 508. The molecule has 0 spiro atoms. The summed E-state index contributed by atoms with van der Waals surface area (Å²) in [6.07, 6.45) is 10.7. The maximum Gasteiger partial charge on any atom is 0.130 e. The highest BCUT2D eigenvalue weighted by atomic mass is 19.1. The number of H-pyrrole nitrogens is 1. The first-order valence-corrected chi connectivity index (χ1v) is 5.47. The molecule has 1 aromatic heterocycles. The van der Waals surface area contributed by atoms with Gasteiger partial charge >= 0.3 is 0 Å². The third kappa shape index (κ3) is 3.00. The SMILES string of the molecule is CC(=N)/C=C\c1ncc(C2C=CC(F)=CC2)[nH]1. The van der Waals surface area contributed by atoms with Gasteiger partial charge in [0.25, 0.3) is 0 Å². The topological polar surface area (TPSA) is 52.5 Å². The molecule has 0 saturated heterocycles. The normalized spacial score (nSPS) is 19.6. The average Bonchev–Trinajstić information content (AvgIpc) is 2.76. The number of allylic oxidation sites excluding steroid dienone is 5. The van der Waals surface area contributed by atoms with E-state index in [0.717, 1.165) is 11.5 Å². The molecule has 3 nitrogen and oxygen atoms in total. The summed E-state index contributed by atoms with van der Waals surface area (Å²) >= 11 is 0. The fraction of sp³-hybridized carbons (Fsp3) is 0.231. The largest absolute Gasteiger partial charge is 0.342 e. The minimum absolute atomic E-state index is 0.158. The number of imidazole rings is 1. The molecule has 88 valence electrons. The number of aromatic nitrogens is 2. The highest BCUT2D eigenvalue weighted by Gasteiger charge is 2.12. The van der Waals surface area contributed by atoms with Crippen molar-refractivity contribution in [3.63, 3.8) is 0 Å². The Hall–Kier alpha value is -1.97. The van der Waals surface area contributed by atoms with Gasteiger partial charge in [0, 0.05) is 23.5 Å². The monoisotopic (exact) mass is 231 g/mol. The first-order valence-electron chi connectivity index (χ1n) is 5.47. The molecule has 4 heteroatoms. The summed E-state index contributed by atoms with van der Waals surface area (Å²) < 4.78 is 12.8. The summed E-state index contributed by atoms with van der Waals surface area (Å²) in [6.45, 7) is 1.71. The van der Waals surface area contributed by atoms with Crippen LogP contribution in [0.3, 0.4) is 0 Å². The zero-order valence-corrected chi connectivity index (χ0v) is 9.57. The van der Waals surface area contributed by atoms with Gasteiger partial charge in [0.15, 0.2) is 0 Å². The van der Waals surface area contributed by atoms with Crippen LogP contribution in [0, 0.1) is 5.41 Å². The van der Waals surface area contributed by atoms with Crippen LogP contribution < -0.4 is 0 Å². The third-order valence-corrected chi connectivity index (χ3v) is 2.56. The molecule has 17 heavy (non-hydrogen) atoms. The Morgan fingerprint density at radius 2 is 2.47 bits per heavy atom. The van der Waals surface area contributed by atoms with Crippen LogP contribution in [0.4, 0.5) is 4.39 Å². The predicted octanol–water partition coefficient (Wildman–Crippen LogP) is 3.36. The highest BCUT2D eigenvalue weighted by molar-refractivity contribution is 5.93. The Balaban J connectivity index is 2.09. The number of nitrogens with zero attached hydrogens (tertiary/aromatic N) is 1. The molecule has 1 atom stereocenters. The fourth-order valence-corrected chi connectivity index (χ4v) is 1.65. The van der Waals surface area contributed by atoms with Gasteiger partial charge in [0.1, 0.15) is 11.7 Å². The van der Waals surface area contributed by atoms with Crippen LogP contribution in [0.15, 0.2) is 36.3 Å². The van der Waals surface area contributed by atoms with Gasteiger partial charge in [-0.3, -0.25) is 0 Å². The summed E-state index contributed by atoms with van der Waals surface area (Å²) in [5.74, 6) is 0.695. The van der Waals surface area contributed by atoms with Crippen LogP contribution in [0.1, 0.15) is 30.8 Å². The second kappa shape index (κ2) is 4.91. The van der Waals surface area contributed by atoms with Crippen molar-refractivity contribution in [2.24, 2.45) is 0 Å². The molecule has 1 aromatic rings. The van der Waals surface area contributed by atoms with E-state index in [1.54, 1.807) is 31.3 Å². The van der Waals surface area contributed by atoms with E-state index >= 15 is 0 Å². The summed E-state index contributed by atoms with van der Waals surface area (Å²) in [7, 11) is 0. The van der Waals surface area contributed by atoms with Crippen LogP contribution in [-0.2, 0) is 0 Å². The van der Waals surface area contributed by atoms with Crippen LogP contribution in [-0.4, -0.2) is 15.7 Å². The summed E-state index contributed by atoms with van der Waals surface area (Å²) in [5, 5.41) is 7.28. The molecule has 1 heterocycles. The quantitative estimate of drug-likeness (QED) is 0.770. The second-order valence-corrected chi connectivity index (χ2v) is 4.03. The fourth-order valence-electron chi connectivity index (χ4n) is 1.65. The first kappa shape index (κ1) is 11.5. The van der Waals surface area contributed by atoms with E-state index < -0.39 is 0 Å². The summed E-state index contributed by atoms with van der Waals surface area (Å²) in [6, 6.07) is 0. The lowest BCUT2D eigenvalue weighted by Crippen LogP contribution is -1.97. The van der Waals surface area contributed by atoms with Crippen molar-refractivity contribution in [2.75, 3.05) is 0 Å². The molecule has 1 aliphatic rings. The van der Waals surface area contributed by atoms with Gasteiger partial charge in [-0.1, -0.05) is 6.08 Å². The van der Waals surface area contributed by atoms with Gasteiger partial charge in [-0.15, -0.1) is 0 Å². The summed E-state index contributed by atoms with van der Waals surface area (Å²) in [4.78, 5) is 7.35. The van der Waals surface area contributed by atoms with E-state index in [9.17, 15) is 4.39 Å². The molecule has 1 unspecified atom stereocenters. The molecule has 2 rings (SSSR count). The van der Waals surface area contributed by atoms with Crippen molar-refractivity contribution in [3.8, 4) is 0 Å². The molecule has 0 radical (unpaired) electrons. The maximum absolute atomic E-state index is 12.8. The smallest absolute Gasteiger partial charge is 0.130 e. The highest BCUT2D eigenvalue weighted by Crippen LogP contribution is 2.25. The zero-order chi connectivity index (χ0) is 12.3. The van der Waals surface area contributed by atoms with Crippen LogP contribution in [0.2, 0.25) is 0 Å². The van der Waals surface area contributed by atoms with E-state index in [1.165, 1.54) is 6.08 Å². The van der Waals surface area contributed by atoms with Crippen molar-refractivity contribution < 1.29 is 4.39 Å². The Morgan fingerprint density at radius 1 is 1.65 bits per heavy atom. The van der Waals surface area contributed by atoms with Crippen molar-refractivity contribution in [1.82, 2.24) is 9.97 Å². The van der Waals surface area contributed by atoms with Gasteiger partial charge in [-0.05, 0) is 37.6 Å². The van der Waals surface area contributed by atoms with Crippen molar-refractivity contribution in [3.05, 3.63) is 47.8 Å². The molecular formula is C13H14FN3. The number of nitrogens with one attached hydrogen (secondary N) is 2. The van der Waals surface area contributed by atoms with Crippen molar-refractivity contribution >= 4 is 11.8 Å². The van der Waals surface area contributed by atoms with Crippen LogP contribution >= 0.6 is 0 Å².